The van der Waals surface area contributed by atoms with Gasteiger partial charge < -0.3 is 4.98 Å². The van der Waals surface area contributed by atoms with Crippen LogP contribution < -0.4 is 0 Å². The van der Waals surface area contributed by atoms with Crippen LogP contribution in [0.2, 0.25) is 0 Å². The molecule has 3 heteroatoms. The van der Waals surface area contributed by atoms with Crippen molar-refractivity contribution in [2.75, 3.05) is 0 Å². The lowest BCUT2D eigenvalue weighted by Crippen LogP contribution is -1.90. The zero-order chi connectivity index (χ0) is 13.9. The second-order valence-corrected chi connectivity index (χ2v) is 4.49. The summed E-state index contributed by atoms with van der Waals surface area (Å²) in [7, 11) is 0. The van der Waals surface area contributed by atoms with Gasteiger partial charge >= 0.3 is 0 Å². The summed E-state index contributed by atoms with van der Waals surface area (Å²) in [5.41, 5.74) is 4.76. The van der Waals surface area contributed by atoms with Gasteiger partial charge in [0.15, 0.2) is 0 Å². The predicted octanol–water partition coefficient (Wildman–Crippen LogP) is 3.89. The Morgan fingerprint density at radius 1 is 1.30 bits per heavy atom. The third-order valence-electron chi connectivity index (χ3n) is 3.34. The summed E-state index contributed by atoms with van der Waals surface area (Å²) >= 11 is 0. The second-order valence-electron chi connectivity index (χ2n) is 4.49. The van der Waals surface area contributed by atoms with Crippen molar-refractivity contribution in [2.45, 2.75) is 6.92 Å². The molecule has 0 aliphatic carbocycles. The van der Waals surface area contributed by atoms with E-state index in [0.717, 1.165) is 27.7 Å². The molecule has 0 atom stereocenters. The Balaban J connectivity index is 2.12. The molecule has 96 valence electrons. The minimum Gasteiger partial charge on any atom is -0.360 e. The quantitative estimate of drug-likeness (QED) is 0.759. The molecule has 0 amide bonds. The van der Waals surface area contributed by atoms with Gasteiger partial charge in [0, 0.05) is 28.9 Å². The number of allylic oxidation sites excluding steroid dienone is 1. The van der Waals surface area contributed by atoms with E-state index < -0.39 is 0 Å². The van der Waals surface area contributed by atoms with Crippen LogP contribution in [-0.2, 0) is 0 Å². The number of nitrogens with zero attached hydrogens (tertiary/aromatic N) is 2. The topological polar surface area (TPSA) is 52.5 Å². The van der Waals surface area contributed by atoms with Crippen LogP contribution in [0.4, 0.5) is 0 Å². The van der Waals surface area contributed by atoms with Crippen molar-refractivity contribution >= 4 is 16.5 Å². The van der Waals surface area contributed by atoms with Gasteiger partial charge in [-0.05, 0) is 30.7 Å². The summed E-state index contributed by atoms with van der Waals surface area (Å²) in [6, 6.07) is 14.1. The first-order chi connectivity index (χ1) is 9.83. The first kappa shape index (κ1) is 12.2. The van der Waals surface area contributed by atoms with Crippen molar-refractivity contribution in [1.29, 1.82) is 5.26 Å². The van der Waals surface area contributed by atoms with Crippen LogP contribution >= 0.6 is 0 Å². The van der Waals surface area contributed by atoms with Gasteiger partial charge in [0.05, 0.1) is 11.3 Å². The number of hydrogen-bond donors (Lipinski definition) is 1. The molecule has 0 aliphatic rings. The Labute approximate surface area is 117 Å². The van der Waals surface area contributed by atoms with Gasteiger partial charge in [-0.1, -0.05) is 24.3 Å². The molecule has 2 aromatic heterocycles. The van der Waals surface area contributed by atoms with Crippen molar-refractivity contribution in [3.63, 3.8) is 0 Å². The summed E-state index contributed by atoms with van der Waals surface area (Å²) in [5, 5.41) is 9.99. The van der Waals surface area contributed by atoms with Crippen LogP contribution in [0.1, 0.15) is 23.7 Å². The van der Waals surface area contributed by atoms with Crippen molar-refractivity contribution in [3.05, 3.63) is 71.7 Å². The van der Waals surface area contributed by atoms with E-state index in [1.807, 2.05) is 37.3 Å². The number of rotatable bonds is 2. The van der Waals surface area contributed by atoms with Gasteiger partial charge in [-0.15, -0.1) is 0 Å². The van der Waals surface area contributed by atoms with Gasteiger partial charge in [0.2, 0.25) is 0 Å². The molecule has 0 saturated carbocycles. The van der Waals surface area contributed by atoms with E-state index in [0.29, 0.717) is 5.56 Å². The number of hydrogen-bond acceptors (Lipinski definition) is 2. The second kappa shape index (κ2) is 5.02. The lowest BCUT2D eigenvalue weighted by Gasteiger charge is -2.07. The number of pyridine rings is 1. The molecule has 0 aliphatic heterocycles. The molecule has 0 spiro atoms. The lowest BCUT2D eigenvalue weighted by molar-refractivity contribution is 1.27. The van der Waals surface area contributed by atoms with Crippen LogP contribution in [0.3, 0.4) is 0 Å². The van der Waals surface area contributed by atoms with Crippen molar-refractivity contribution in [2.24, 2.45) is 0 Å². The zero-order valence-corrected chi connectivity index (χ0v) is 11.1. The van der Waals surface area contributed by atoms with Crippen LogP contribution in [0.5, 0.6) is 0 Å². The molecule has 0 unspecified atom stereocenters. The number of H-pyrrole nitrogens is 1. The maximum atomic E-state index is 9.04. The molecule has 0 saturated heterocycles. The summed E-state index contributed by atoms with van der Waals surface area (Å²) in [5.74, 6) is 0. The number of benzene rings is 1. The SMILES string of the molecule is C/C=C(/c1ccc2c(C#N)c[nH]c2c1)c1ccccn1. The van der Waals surface area contributed by atoms with Gasteiger partial charge in [-0.3, -0.25) is 4.98 Å². The molecule has 20 heavy (non-hydrogen) atoms. The van der Waals surface area contributed by atoms with E-state index in [1.165, 1.54) is 0 Å². The van der Waals surface area contributed by atoms with Crippen molar-refractivity contribution in [1.82, 2.24) is 9.97 Å². The molecule has 0 bridgehead atoms. The van der Waals surface area contributed by atoms with Gasteiger partial charge in [-0.25, -0.2) is 0 Å². The Hall–Kier alpha value is -2.86. The minimum atomic E-state index is 0.673. The number of nitrogens with one attached hydrogen (secondary N) is 1. The van der Waals surface area contributed by atoms with Gasteiger partial charge in [0.25, 0.3) is 0 Å². The lowest BCUT2D eigenvalue weighted by atomic mass is 10.0. The maximum Gasteiger partial charge on any atom is 0.101 e. The molecular formula is C17H13N3. The van der Waals surface area contributed by atoms with Crippen LogP contribution in [-0.4, -0.2) is 9.97 Å². The largest absolute Gasteiger partial charge is 0.360 e. The molecule has 1 aromatic carbocycles. The molecule has 3 rings (SSSR count). The van der Waals surface area contributed by atoms with Gasteiger partial charge in [0.1, 0.15) is 6.07 Å². The monoisotopic (exact) mass is 259 g/mol. The molecule has 0 radical (unpaired) electrons. The first-order valence-electron chi connectivity index (χ1n) is 6.43. The van der Waals surface area contributed by atoms with E-state index >= 15 is 0 Å². The number of fused-ring (bicyclic) bond motifs is 1. The molecule has 1 N–H and O–H groups in total. The first-order valence-corrected chi connectivity index (χ1v) is 6.43. The highest BCUT2D eigenvalue weighted by atomic mass is 14.7. The number of aromatic amines is 1. The van der Waals surface area contributed by atoms with Crippen molar-refractivity contribution in [3.8, 4) is 6.07 Å². The van der Waals surface area contributed by atoms with Gasteiger partial charge in [-0.2, -0.15) is 5.26 Å². The Morgan fingerprint density at radius 2 is 2.20 bits per heavy atom. The van der Waals surface area contributed by atoms with E-state index in [9.17, 15) is 0 Å². The van der Waals surface area contributed by atoms with Crippen LogP contribution in [0, 0.1) is 11.3 Å². The minimum absolute atomic E-state index is 0.673. The summed E-state index contributed by atoms with van der Waals surface area (Å²) in [6.45, 7) is 2.00. The highest BCUT2D eigenvalue weighted by Crippen LogP contribution is 2.26. The van der Waals surface area contributed by atoms with E-state index in [-0.39, 0.29) is 0 Å². The zero-order valence-electron chi connectivity index (χ0n) is 11.1. The Morgan fingerprint density at radius 3 is 2.90 bits per heavy atom. The van der Waals surface area contributed by atoms with E-state index in [2.05, 4.69) is 28.2 Å². The normalized spacial score (nSPS) is 11.5. The third kappa shape index (κ3) is 1.98. The predicted molar refractivity (Wildman–Crippen MR) is 80.0 cm³/mol. The molecule has 3 aromatic rings. The smallest absolute Gasteiger partial charge is 0.101 e. The Bertz CT molecular complexity index is 820. The fraction of sp³-hybridized carbons (Fsp3) is 0.0588. The van der Waals surface area contributed by atoms with Crippen molar-refractivity contribution < 1.29 is 0 Å². The van der Waals surface area contributed by atoms with Crippen LogP contribution in [0.25, 0.3) is 16.5 Å². The van der Waals surface area contributed by atoms with E-state index in [4.69, 9.17) is 5.26 Å². The maximum absolute atomic E-state index is 9.04. The van der Waals surface area contributed by atoms with E-state index in [1.54, 1.807) is 12.4 Å². The number of aromatic nitrogens is 2. The summed E-state index contributed by atoms with van der Waals surface area (Å²) < 4.78 is 0. The molecule has 0 fully saturated rings. The molecule has 2 heterocycles. The standard InChI is InChI=1S/C17H13N3/c1-2-14(16-5-3-4-8-19-16)12-6-7-15-13(10-18)11-20-17(15)9-12/h2-9,11,20H,1H3/b14-2-. The van der Waals surface area contributed by atoms with Crippen LogP contribution in [0.15, 0.2) is 54.9 Å². The average Bonchev–Trinajstić information content (AvgIpc) is 2.91. The summed E-state index contributed by atoms with van der Waals surface area (Å²) in [4.78, 5) is 7.54. The summed E-state index contributed by atoms with van der Waals surface area (Å²) in [6.07, 6.45) is 5.59. The Kier molecular flexibility index (Phi) is 3.06. The molecular weight excluding hydrogens is 246 g/mol. The average molecular weight is 259 g/mol. The third-order valence-corrected chi connectivity index (χ3v) is 3.34. The fourth-order valence-electron chi connectivity index (χ4n) is 2.37. The highest BCUT2D eigenvalue weighted by Gasteiger charge is 2.08. The molecule has 3 nitrogen and oxygen atoms in total. The fourth-order valence-corrected chi connectivity index (χ4v) is 2.37. The number of nitriles is 1. The highest BCUT2D eigenvalue weighted by molar-refractivity contribution is 5.90.